The monoisotopic (exact) mass is 323 g/mol. The lowest BCUT2D eigenvalue weighted by molar-refractivity contribution is 0.531. The first-order valence-electron chi connectivity index (χ1n) is 6.87. The zero-order valence-corrected chi connectivity index (χ0v) is 13.7. The molecule has 0 saturated carbocycles. The maximum absolute atomic E-state index is 6.05. The second kappa shape index (κ2) is 5.68. The molecule has 1 heterocycles. The normalized spacial score (nSPS) is 12.0. The Hall–Kier alpha value is -0.800. The average molecular weight is 324 g/mol. The first-order chi connectivity index (χ1) is 8.93. The van der Waals surface area contributed by atoms with Gasteiger partial charge in [-0.2, -0.15) is 0 Å². The molecule has 0 unspecified atom stereocenters. The molecule has 0 atom stereocenters. The zero-order chi connectivity index (χ0) is 14.2. The van der Waals surface area contributed by atoms with Gasteiger partial charge in [0.25, 0.3) is 0 Å². The van der Waals surface area contributed by atoms with Crippen molar-refractivity contribution in [2.75, 3.05) is 0 Å². The lowest BCUT2D eigenvalue weighted by Gasteiger charge is -2.08. The van der Waals surface area contributed by atoms with E-state index in [9.17, 15) is 0 Å². The summed E-state index contributed by atoms with van der Waals surface area (Å²) < 4.78 is 7.16. The molecule has 2 N–H and O–H groups in total. The van der Waals surface area contributed by atoms with Crippen molar-refractivity contribution in [1.82, 2.24) is 0 Å². The number of hydrogen-bond donors (Lipinski definition) is 1. The summed E-state index contributed by atoms with van der Waals surface area (Å²) in [4.78, 5) is 0. The molecule has 0 fully saturated rings. The third-order valence-electron chi connectivity index (χ3n) is 3.39. The Morgan fingerprint density at radius 2 is 1.89 bits per heavy atom. The van der Waals surface area contributed by atoms with Gasteiger partial charge in [-0.25, -0.2) is 0 Å². The predicted molar refractivity (Wildman–Crippen MR) is 84.4 cm³/mol. The third-order valence-corrected chi connectivity index (χ3v) is 3.85. The molecule has 104 valence electrons. The van der Waals surface area contributed by atoms with Crippen molar-refractivity contribution in [3.05, 3.63) is 33.5 Å². The van der Waals surface area contributed by atoms with Crippen LogP contribution < -0.4 is 5.73 Å². The van der Waals surface area contributed by atoms with Crippen LogP contribution in [-0.4, -0.2) is 0 Å². The summed E-state index contributed by atoms with van der Waals surface area (Å²) in [5, 5.41) is 1.22. The van der Waals surface area contributed by atoms with Gasteiger partial charge < -0.3 is 10.2 Å². The van der Waals surface area contributed by atoms with Crippen molar-refractivity contribution in [2.45, 2.75) is 46.6 Å². The topological polar surface area (TPSA) is 39.2 Å². The molecule has 0 aliphatic heterocycles. The molecule has 1 aromatic heterocycles. The van der Waals surface area contributed by atoms with E-state index in [1.807, 2.05) is 0 Å². The fourth-order valence-corrected chi connectivity index (χ4v) is 2.99. The molecule has 3 heteroatoms. The molecule has 2 rings (SSSR count). The first-order valence-corrected chi connectivity index (χ1v) is 7.67. The molecule has 2 nitrogen and oxygen atoms in total. The molecule has 0 amide bonds. The highest BCUT2D eigenvalue weighted by Gasteiger charge is 2.18. The Kier molecular flexibility index (Phi) is 4.36. The molecular weight excluding hydrogens is 302 g/mol. The highest BCUT2D eigenvalue weighted by Crippen LogP contribution is 2.35. The number of halogens is 1. The Balaban J connectivity index is 2.72. The Morgan fingerprint density at radius 1 is 1.21 bits per heavy atom. The van der Waals surface area contributed by atoms with E-state index >= 15 is 0 Å². The van der Waals surface area contributed by atoms with Crippen LogP contribution in [0.2, 0.25) is 0 Å². The summed E-state index contributed by atoms with van der Waals surface area (Å²) in [5.41, 5.74) is 9.38. The SMILES string of the molecule is CC(C)Cc1c(CN)oc2c(C(C)C)cc(Br)cc12. The number of benzene rings is 1. The largest absolute Gasteiger partial charge is 0.459 e. The lowest BCUT2D eigenvalue weighted by atomic mass is 9.96. The van der Waals surface area contributed by atoms with Crippen LogP contribution in [0.15, 0.2) is 21.0 Å². The smallest absolute Gasteiger partial charge is 0.138 e. The van der Waals surface area contributed by atoms with Crippen molar-refractivity contribution in [3.8, 4) is 0 Å². The summed E-state index contributed by atoms with van der Waals surface area (Å²) in [5.74, 6) is 1.96. The van der Waals surface area contributed by atoms with Gasteiger partial charge in [-0.1, -0.05) is 43.6 Å². The van der Waals surface area contributed by atoms with Gasteiger partial charge >= 0.3 is 0 Å². The number of furan rings is 1. The summed E-state index contributed by atoms with van der Waals surface area (Å²) in [6.07, 6.45) is 1.01. The standard InChI is InChI=1S/C16H22BrNO/c1-9(2)5-13-14-7-11(17)6-12(10(3)4)16(14)19-15(13)8-18/h6-7,9-10H,5,8,18H2,1-4H3. The molecule has 0 aliphatic carbocycles. The molecule has 0 bridgehead atoms. The van der Waals surface area contributed by atoms with Crippen LogP contribution >= 0.6 is 15.9 Å². The van der Waals surface area contributed by atoms with Gasteiger partial charge in [0.05, 0.1) is 6.54 Å². The van der Waals surface area contributed by atoms with Crippen LogP contribution in [0.25, 0.3) is 11.0 Å². The second-order valence-corrected chi connectivity index (χ2v) is 6.75. The fraction of sp³-hybridized carbons (Fsp3) is 0.500. The van der Waals surface area contributed by atoms with Crippen LogP contribution in [0, 0.1) is 5.92 Å². The third kappa shape index (κ3) is 2.87. The summed E-state index contributed by atoms with van der Waals surface area (Å²) >= 11 is 3.61. The number of rotatable bonds is 4. The van der Waals surface area contributed by atoms with Crippen molar-refractivity contribution < 1.29 is 4.42 Å². The van der Waals surface area contributed by atoms with E-state index in [-0.39, 0.29) is 0 Å². The Bertz CT molecular complexity index is 584. The second-order valence-electron chi connectivity index (χ2n) is 5.83. The van der Waals surface area contributed by atoms with E-state index in [1.54, 1.807) is 0 Å². The predicted octanol–water partition coefficient (Wildman–Crippen LogP) is 4.98. The average Bonchev–Trinajstić information content (AvgIpc) is 2.65. The van der Waals surface area contributed by atoms with E-state index in [2.05, 4.69) is 55.8 Å². The van der Waals surface area contributed by atoms with Gasteiger partial charge in [0, 0.05) is 15.4 Å². The van der Waals surface area contributed by atoms with Crippen molar-refractivity contribution in [1.29, 1.82) is 0 Å². The van der Waals surface area contributed by atoms with Gasteiger partial charge in [-0.3, -0.25) is 0 Å². The van der Waals surface area contributed by atoms with E-state index in [0.717, 1.165) is 22.2 Å². The minimum atomic E-state index is 0.434. The fourth-order valence-electron chi connectivity index (χ4n) is 2.51. The molecule has 19 heavy (non-hydrogen) atoms. The van der Waals surface area contributed by atoms with Gasteiger partial charge in [0.1, 0.15) is 11.3 Å². The first kappa shape index (κ1) is 14.6. The quantitative estimate of drug-likeness (QED) is 0.862. The van der Waals surface area contributed by atoms with Crippen molar-refractivity contribution in [2.24, 2.45) is 11.7 Å². The maximum atomic E-state index is 6.05. The minimum absolute atomic E-state index is 0.434. The van der Waals surface area contributed by atoms with Crippen LogP contribution in [0.3, 0.4) is 0 Å². The van der Waals surface area contributed by atoms with Crippen molar-refractivity contribution in [3.63, 3.8) is 0 Å². The van der Waals surface area contributed by atoms with Crippen LogP contribution in [0.4, 0.5) is 0 Å². The number of fused-ring (bicyclic) bond motifs is 1. The number of hydrogen-bond acceptors (Lipinski definition) is 2. The van der Waals surface area contributed by atoms with Gasteiger partial charge in [0.2, 0.25) is 0 Å². The molecular formula is C16H22BrNO. The van der Waals surface area contributed by atoms with E-state index in [0.29, 0.717) is 18.4 Å². The number of nitrogens with two attached hydrogens (primary N) is 1. The molecule has 0 saturated heterocycles. The van der Waals surface area contributed by atoms with E-state index < -0.39 is 0 Å². The highest BCUT2D eigenvalue weighted by atomic mass is 79.9. The molecule has 0 spiro atoms. The molecule has 2 aromatic rings. The van der Waals surface area contributed by atoms with Crippen molar-refractivity contribution >= 4 is 26.9 Å². The minimum Gasteiger partial charge on any atom is -0.459 e. The lowest BCUT2D eigenvalue weighted by Crippen LogP contribution is -2.01. The van der Waals surface area contributed by atoms with Crippen LogP contribution in [0.1, 0.15) is 50.5 Å². The zero-order valence-electron chi connectivity index (χ0n) is 12.1. The molecule has 0 radical (unpaired) electrons. The van der Waals surface area contributed by atoms with E-state index in [4.69, 9.17) is 10.2 Å². The van der Waals surface area contributed by atoms with Crippen LogP contribution in [-0.2, 0) is 13.0 Å². The highest BCUT2D eigenvalue weighted by molar-refractivity contribution is 9.10. The van der Waals surface area contributed by atoms with Gasteiger partial charge in [-0.15, -0.1) is 0 Å². The maximum Gasteiger partial charge on any atom is 0.138 e. The summed E-state index contributed by atoms with van der Waals surface area (Å²) in [6, 6.07) is 4.30. The summed E-state index contributed by atoms with van der Waals surface area (Å²) in [7, 11) is 0. The van der Waals surface area contributed by atoms with Gasteiger partial charge in [-0.05, 0) is 36.0 Å². The Morgan fingerprint density at radius 3 is 2.42 bits per heavy atom. The Labute approximate surface area is 123 Å². The summed E-state index contributed by atoms with van der Waals surface area (Å²) in [6.45, 7) is 9.29. The van der Waals surface area contributed by atoms with Crippen LogP contribution in [0.5, 0.6) is 0 Å². The molecule has 0 aliphatic rings. The molecule has 1 aromatic carbocycles. The van der Waals surface area contributed by atoms with Gasteiger partial charge in [0.15, 0.2) is 0 Å². The van der Waals surface area contributed by atoms with E-state index in [1.165, 1.54) is 16.5 Å².